The number of hydrogen-bond donors (Lipinski definition) is 2. The molecule has 11 heteroatoms. The number of nitrogens with one attached hydrogen (secondary N) is 2. The summed E-state index contributed by atoms with van der Waals surface area (Å²) in [7, 11) is 1.88. The van der Waals surface area contributed by atoms with E-state index < -0.39 is 0 Å². The van der Waals surface area contributed by atoms with Crippen LogP contribution in [0.25, 0.3) is 11.0 Å². The topological polar surface area (TPSA) is 107 Å². The Kier molecular flexibility index (Phi) is 7.58. The molecular weight excluding hydrogens is 497 g/mol. The van der Waals surface area contributed by atoms with Gasteiger partial charge in [0.15, 0.2) is 11.8 Å². The van der Waals surface area contributed by atoms with Crippen molar-refractivity contribution in [2.75, 3.05) is 5.01 Å². The van der Waals surface area contributed by atoms with Gasteiger partial charge in [0.2, 0.25) is 5.96 Å². The van der Waals surface area contributed by atoms with Crippen LogP contribution in [0.5, 0.6) is 0 Å². The fourth-order valence-corrected chi connectivity index (χ4v) is 4.36. The lowest BCUT2D eigenvalue weighted by Gasteiger charge is -2.26. The van der Waals surface area contributed by atoms with Gasteiger partial charge in [-0.25, -0.2) is 15.0 Å². The second-order valence-electron chi connectivity index (χ2n) is 8.48. The molecule has 0 bridgehead atoms. The average molecular weight is 522 g/mol. The van der Waals surface area contributed by atoms with Crippen molar-refractivity contribution < 1.29 is 0 Å². The molecule has 36 heavy (non-hydrogen) atoms. The first-order valence-corrected chi connectivity index (χ1v) is 12.0. The number of nitrogens with zero attached hydrogens (tertiary/aromatic N) is 7. The van der Waals surface area contributed by atoms with E-state index in [1.54, 1.807) is 16.8 Å². The molecule has 0 aliphatic rings. The molecule has 0 aliphatic carbocycles. The number of benzene rings is 1. The fourth-order valence-electron chi connectivity index (χ4n) is 3.91. The van der Waals surface area contributed by atoms with Crippen LogP contribution in [0.15, 0.2) is 53.5 Å². The Bertz CT molecular complexity index is 1440. The molecule has 0 fully saturated rings. The van der Waals surface area contributed by atoms with Gasteiger partial charge < -0.3 is 0 Å². The Hall–Kier alpha value is -3.87. The van der Waals surface area contributed by atoms with Crippen molar-refractivity contribution in [3.05, 3.63) is 75.7 Å². The summed E-state index contributed by atoms with van der Waals surface area (Å²) in [5.74, 6) is 1.06. The molecular formula is C25H25Cl2N9. The van der Waals surface area contributed by atoms with Crippen molar-refractivity contribution in [1.29, 1.82) is 5.26 Å². The molecule has 3 aromatic heterocycles. The summed E-state index contributed by atoms with van der Waals surface area (Å²) in [4.78, 5) is 13.4. The van der Waals surface area contributed by atoms with Gasteiger partial charge in [0.1, 0.15) is 16.1 Å². The number of hydrazine groups is 1. The van der Waals surface area contributed by atoms with E-state index in [1.807, 2.05) is 61.6 Å². The van der Waals surface area contributed by atoms with Crippen LogP contribution in [-0.4, -0.2) is 25.7 Å². The fraction of sp³-hybridized carbons (Fsp3) is 0.240. The third-order valence-corrected chi connectivity index (χ3v) is 5.86. The molecule has 0 spiro atoms. The van der Waals surface area contributed by atoms with Crippen molar-refractivity contribution in [2.24, 2.45) is 12.0 Å². The van der Waals surface area contributed by atoms with Crippen molar-refractivity contribution in [3.8, 4) is 6.19 Å². The normalized spacial score (nSPS) is 11.6. The molecule has 184 valence electrons. The van der Waals surface area contributed by atoms with E-state index in [4.69, 9.17) is 28.2 Å². The van der Waals surface area contributed by atoms with Gasteiger partial charge in [-0.3, -0.25) is 20.4 Å². The minimum absolute atomic E-state index is 0.168. The monoisotopic (exact) mass is 521 g/mol. The predicted octanol–water partition coefficient (Wildman–Crippen LogP) is 5.37. The number of guanidine groups is 1. The summed E-state index contributed by atoms with van der Waals surface area (Å²) in [5.41, 5.74) is 7.50. The van der Waals surface area contributed by atoms with Crippen LogP contribution < -0.4 is 15.8 Å². The summed E-state index contributed by atoms with van der Waals surface area (Å²) >= 11 is 12.1. The molecule has 0 amide bonds. The van der Waals surface area contributed by atoms with Crippen LogP contribution in [0.2, 0.25) is 10.3 Å². The molecule has 0 atom stereocenters. The molecule has 0 radical (unpaired) electrons. The maximum Gasteiger partial charge on any atom is 0.229 e. The SMILES string of the molecule is Cc1nn(C)c2nc(N(Cc3ccccc3)N/C(=N/c3cc(Cl)nc(Cl)c3)NC#N)cc(C(C)C)c12. The maximum atomic E-state index is 9.40. The van der Waals surface area contributed by atoms with E-state index in [0.29, 0.717) is 18.1 Å². The van der Waals surface area contributed by atoms with Crippen molar-refractivity contribution >= 4 is 51.7 Å². The molecule has 0 aliphatic heterocycles. The zero-order valence-corrected chi connectivity index (χ0v) is 21.8. The lowest BCUT2D eigenvalue weighted by molar-refractivity contribution is 0.729. The minimum Gasteiger partial charge on any atom is -0.265 e. The van der Waals surface area contributed by atoms with Crippen LogP contribution in [0, 0.1) is 18.4 Å². The lowest BCUT2D eigenvalue weighted by atomic mass is 9.99. The van der Waals surface area contributed by atoms with Crippen LogP contribution in [0.4, 0.5) is 11.5 Å². The highest BCUT2D eigenvalue weighted by Crippen LogP contribution is 2.30. The first-order chi connectivity index (χ1) is 17.2. The largest absolute Gasteiger partial charge is 0.265 e. The van der Waals surface area contributed by atoms with Crippen molar-refractivity contribution in [1.82, 2.24) is 30.5 Å². The Morgan fingerprint density at radius 3 is 2.47 bits per heavy atom. The standard InChI is InChI=1S/C25H25Cl2N9/c1-15(2)19-12-22(32-24-23(19)16(3)33-35(24)4)36(13-17-8-6-5-7-9-17)34-25(29-14-28)30-18-10-20(26)31-21(27)11-18/h5-12,15H,13H2,1-4H3,(H2,29,30,31,34). The van der Waals surface area contributed by atoms with Crippen LogP contribution in [0.1, 0.15) is 36.6 Å². The third kappa shape index (κ3) is 5.67. The van der Waals surface area contributed by atoms with Crippen molar-refractivity contribution in [3.63, 3.8) is 0 Å². The van der Waals surface area contributed by atoms with Gasteiger partial charge in [-0.1, -0.05) is 67.4 Å². The predicted molar refractivity (Wildman–Crippen MR) is 143 cm³/mol. The number of aromatic nitrogens is 4. The number of halogens is 2. The quantitative estimate of drug-likeness (QED) is 0.0876. The minimum atomic E-state index is 0.168. The summed E-state index contributed by atoms with van der Waals surface area (Å²) in [6.07, 6.45) is 1.92. The molecule has 4 aromatic rings. The first-order valence-electron chi connectivity index (χ1n) is 11.2. The average Bonchev–Trinajstić information content (AvgIpc) is 3.11. The van der Waals surface area contributed by atoms with Crippen LogP contribution in [0.3, 0.4) is 0 Å². The number of anilines is 1. The van der Waals surface area contributed by atoms with Crippen LogP contribution >= 0.6 is 23.2 Å². The molecule has 3 heterocycles. The molecule has 9 nitrogen and oxygen atoms in total. The molecule has 0 saturated heterocycles. The van der Waals surface area contributed by atoms with Gasteiger partial charge in [-0.15, -0.1) is 0 Å². The van der Waals surface area contributed by atoms with Gasteiger partial charge in [-0.05, 0) is 30.0 Å². The van der Waals surface area contributed by atoms with E-state index in [2.05, 4.69) is 39.7 Å². The Labute approximate surface area is 219 Å². The number of pyridine rings is 2. The van der Waals surface area contributed by atoms with Gasteiger partial charge in [0, 0.05) is 24.6 Å². The molecule has 1 aromatic carbocycles. The van der Waals surface area contributed by atoms with E-state index >= 15 is 0 Å². The van der Waals surface area contributed by atoms with E-state index in [9.17, 15) is 5.26 Å². The Morgan fingerprint density at radius 2 is 1.83 bits per heavy atom. The summed E-state index contributed by atoms with van der Waals surface area (Å²) in [6, 6.07) is 15.1. The molecule has 4 rings (SSSR count). The summed E-state index contributed by atoms with van der Waals surface area (Å²) < 4.78 is 1.78. The smallest absolute Gasteiger partial charge is 0.229 e. The lowest BCUT2D eigenvalue weighted by Crippen LogP contribution is -2.47. The number of fused-ring (bicyclic) bond motifs is 1. The first kappa shape index (κ1) is 25.2. The second-order valence-corrected chi connectivity index (χ2v) is 9.26. The Balaban J connectivity index is 1.83. The highest BCUT2D eigenvalue weighted by Gasteiger charge is 2.20. The van der Waals surface area contributed by atoms with Crippen LogP contribution in [-0.2, 0) is 13.6 Å². The third-order valence-electron chi connectivity index (χ3n) is 5.47. The number of rotatable bonds is 6. The molecule has 0 saturated carbocycles. The van der Waals surface area contributed by atoms with Gasteiger partial charge in [0.25, 0.3) is 0 Å². The highest BCUT2D eigenvalue weighted by molar-refractivity contribution is 6.32. The molecule has 0 unspecified atom stereocenters. The van der Waals surface area contributed by atoms with Gasteiger partial charge in [-0.2, -0.15) is 10.4 Å². The number of aliphatic imine (C=N–C) groups is 1. The van der Waals surface area contributed by atoms with E-state index in [1.165, 1.54) is 0 Å². The second kappa shape index (κ2) is 10.8. The highest BCUT2D eigenvalue weighted by atomic mass is 35.5. The summed E-state index contributed by atoms with van der Waals surface area (Å²) in [5, 5.41) is 19.8. The number of aryl methyl sites for hydroxylation is 2. The number of nitriles is 1. The maximum absolute atomic E-state index is 9.40. The Morgan fingerprint density at radius 1 is 1.14 bits per heavy atom. The zero-order valence-electron chi connectivity index (χ0n) is 20.3. The number of hydrogen-bond acceptors (Lipinski definition) is 6. The van der Waals surface area contributed by atoms with Gasteiger partial charge in [0.05, 0.1) is 17.9 Å². The van der Waals surface area contributed by atoms with Crippen molar-refractivity contribution in [2.45, 2.75) is 33.2 Å². The molecule has 2 N–H and O–H groups in total. The van der Waals surface area contributed by atoms with Gasteiger partial charge >= 0.3 is 0 Å². The van der Waals surface area contributed by atoms with E-state index in [-0.39, 0.29) is 22.2 Å². The zero-order chi connectivity index (χ0) is 25.8. The van der Waals surface area contributed by atoms with E-state index in [0.717, 1.165) is 27.9 Å². The summed E-state index contributed by atoms with van der Waals surface area (Å²) in [6.45, 7) is 6.71.